The smallest absolute Gasteiger partial charge is 0.0715 e. The van der Waals surface area contributed by atoms with E-state index in [1.165, 1.54) is 0 Å². The van der Waals surface area contributed by atoms with Gasteiger partial charge in [0.15, 0.2) is 0 Å². The third-order valence-electron chi connectivity index (χ3n) is 1.82. The third kappa shape index (κ3) is 1.64. The summed E-state index contributed by atoms with van der Waals surface area (Å²) in [6.07, 6.45) is 0.540. The monoisotopic (exact) mass is 130 g/mol. The lowest BCUT2D eigenvalue weighted by Crippen LogP contribution is -2.49. The van der Waals surface area contributed by atoms with Crippen molar-refractivity contribution in [2.24, 2.45) is 5.73 Å². The molecule has 2 atom stereocenters. The highest BCUT2D eigenvalue weighted by molar-refractivity contribution is 4.80. The molecule has 0 aromatic carbocycles. The first-order chi connectivity index (χ1) is 4.20. The summed E-state index contributed by atoms with van der Waals surface area (Å²) in [7, 11) is 2.02. The van der Waals surface area contributed by atoms with Crippen molar-refractivity contribution < 1.29 is 5.11 Å². The van der Waals surface area contributed by atoms with Crippen LogP contribution in [0.4, 0.5) is 0 Å². The Morgan fingerprint density at radius 2 is 2.33 bits per heavy atom. The largest absolute Gasteiger partial charge is 0.391 e. The fraction of sp³-hybridized carbons (Fsp3) is 1.00. The lowest BCUT2D eigenvalue weighted by Gasteiger charge is -2.31. The van der Waals surface area contributed by atoms with Gasteiger partial charge >= 0.3 is 0 Å². The maximum atomic E-state index is 9.14. The van der Waals surface area contributed by atoms with E-state index < -0.39 is 0 Å². The molecule has 0 amide bonds. The fourth-order valence-electron chi connectivity index (χ4n) is 1.14. The minimum Gasteiger partial charge on any atom is -0.391 e. The number of piperidine rings is 1. The predicted octanol–water partition coefficient (Wildman–Crippen LogP) is -0.990. The van der Waals surface area contributed by atoms with Crippen molar-refractivity contribution in [2.75, 3.05) is 20.1 Å². The van der Waals surface area contributed by atoms with E-state index in [2.05, 4.69) is 4.90 Å². The highest BCUT2D eigenvalue weighted by Crippen LogP contribution is 2.05. The summed E-state index contributed by atoms with van der Waals surface area (Å²) in [5, 5.41) is 9.14. The lowest BCUT2D eigenvalue weighted by molar-refractivity contribution is 0.0734. The Morgan fingerprint density at radius 1 is 1.67 bits per heavy atom. The van der Waals surface area contributed by atoms with Gasteiger partial charge in [-0.05, 0) is 13.5 Å². The summed E-state index contributed by atoms with van der Waals surface area (Å²) < 4.78 is 0. The summed E-state index contributed by atoms with van der Waals surface area (Å²) in [5.74, 6) is 0. The van der Waals surface area contributed by atoms with Gasteiger partial charge in [-0.3, -0.25) is 0 Å². The van der Waals surface area contributed by atoms with Crippen molar-refractivity contribution in [1.29, 1.82) is 0 Å². The van der Waals surface area contributed by atoms with Crippen molar-refractivity contribution in [3.63, 3.8) is 0 Å². The number of likely N-dealkylation sites (N-methyl/N-ethyl adjacent to an activating group) is 1. The molecule has 9 heavy (non-hydrogen) atoms. The first kappa shape index (κ1) is 6.99. The van der Waals surface area contributed by atoms with E-state index in [-0.39, 0.29) is 12.1 Å². The van der Waals surface area contributed by atoms with E-state index in [1.54, 1.807) is 0 Å². The van der Waals surface area contributed by atoms with E-state index in [9.17, 15) is 0 Å². The van der Waals surface area contributed by atoms with Gasteiger partial charge in [-0.15, -0.1) is 0 Å². The van der Waals surface area contributed by atoms with Crippen LogP contribution in [-0.2, 0) is 0 Å². The Hall–Kier alpha value is -0.120. The van der Waals surface area contributed by atoms with Crippen LogP contribution in [0.15, 0.2) is 0 Å². The molecule has 0 aliphatic carbocycles. The van der Waals surface area contributed by atoms with E-state index >= 15 is 0 Å². The summed E-state index contributed by atoms with van der Waals surface area (Å²) in [5.41, 5.74) is 5.58. The van der Waals surface area contributed by atoms with Gasteiger partial charge in [0, 0.05) is 19.1 Å². The molecule has 1 saturated heterocycles. The Balaban J connectivity index is 2.35. The van der Waals surface area contributed by atoms with Gasteiger partial charge in [-0.2, -0.15) is 0 Å². The maximum Gasteiger partial charge on any atom is 0.0715 e. The Kier molecular flexibility index (Phi) is 2.05. The molecule has 0 aromatic rings. The van der Waals surface area contributed by atoms with Gasteiger partial charge in [0.1, 0.15) is 0 Å². The molecule has 0 spiro atoms. The molecule has 1 rings (SSSR count). The highest BCUT2D eigenvalue weighted by atomic mass is 16.3. The predicted molar refractivity (Wildman–Crippen MR) is 36.1 cm³/mol. The first-order valence-corrected chi connectivity index (χ1v) is 3.32. The third-order valence-corrected chi connectivity index (χ3v) is 1.82. The quantitative estimate of drug-likeness (QED) is 0.442. The van der Waals surface area contributed by atoms with Gasteiger partial charge < -0.3 is 15.7 Å². The van der Waals surface area contributed by atoms with Crippen LogP contribution in [0, 0.1) is 0 Å². The number of rotatable bonds is 0. The van der Waals surface area contributed by atoms with E-state index in [4.69, 9.17) is 10.8 Å². The lowest BCUT2D eigenvalue weighted by atomic mass is 10.0. The van der Waals surface area contributed by atoms with Gasteiger partial charge in [-0.1, -0.05) is 0 Å². The zero-order chi connectivity index (χ0) is 6.85. The summed E-state index contributed by atoms with van der Waals surface area (Å²) in [6, 6.07) is -0.0382. The van der Waals surface area contributed by atoms with Gasteiger partial charge in [-0.25, -0.2) is 0 Å². The second kappa shape index (κ2) is 2.64. The normalized spacial score (nSPS) is 39.0. The number of hydrogen-bond donors (Lipinski definition) is 2. The molecular weight excluding hydrogens is 116 g/mol. The summed E-state index contributed by atoms with van der Waals surface area (Å²) >= 11 is 0. The number of likely N-dealkylation sites (tertiary alicyclic amines) is 1. The average molecular weight is 130 g/mol. The van der Waals surface area contributed by atoms with Crippen LogP contribution in [0.25, 0.3) is 0 Å². The van der Waals surface area contributed by atoms with Crippen molar-refractivity contribution in [3.8, 4) is 0 Å². The second-order valence-electron chi connectivity index (χ2n) is 2.78. The number of nitrogens with two attached hydrogens (primary N) is 1. The molecule has 1 aliphatic rings. The van der Waals surface area contributed by atoms with Crippen LogP contribution in [0.3, 0.4) is 0 Å². The second-order valence-corrected chi connectivity index (χ2v) is 2.78. The molecule has 1 fully saturated rings. The molecule has 1 aliphatic heterocycles. The molecule has 1 heterocycles. The number of aliphatic hydroxyl groups is 1. The standard InChI is InChI=1S/C6H14N2O/c1-8-3-2-6(9)5(7)4-8/h5-6,9H,2-4,7H2,1H3/t5-,6+/m1/s1. The zero-order valence-electron chi connectivity index (χ0n) is 5.75. The Bertz CT molecular complexity index is 97.1. The minimum atomic E-state index is -0.277. The van der Waals surface area contributed by atoms with Crippen LogP contribution < -0.4 is 5.73 Å². The highest BCUT2D eigenvalue weighted by Gasteiger charge is 2.21. The van der Waals surface area contributed by atoms with Crippen molar-refractivity contribution >= 4 is 0 Å². The van der Waals surface area contributed by atoms with Crippen molar-refractivity contribution in [1.82, 2.24) is 4.90 Å². The van der Waals surface area contributed by atoms with Crippen molar-refractivity contribution in [3.05, 3.63) is 0 Å². The van der Waals surface area contributed by atoms with E-state index in [0.717, 1.165) is 19.5 Å². The average Bonchev–Trinajstić information content (AvgIpc) is 1.80. The number of nitrogens with zero attached hydrogens (tertiary/aromatic N) is 1. The molecule has 0 unspecified atom stereocenters. The minimum absolute atomic E-state index is 0.0382. The number of aliphatic hydroxyl groups excluding tert-OH is 1. The van der Waals surface area contributed by atoms with E-state index in [1.807, 2.05) is 7.05 Å². The topological polar surface area (TPSA) is 49.5 Å². The van der Waals surface area contributed by atoms with Gasteiger partial charge in [0.05, 0.1) is 6.10 Å². The fourth-order valence-corrected chi connectivity index (χ4v) is 1.14. The van der Waals surface area contributed by atoms with E-state index in [0.29, 0.717) is 0 Å². The van der Waals surface area contributed by atoms with Crippen LogP contribution in [0.5, 0.6) is 0 Å². The van der Waals surface area contributed by atoms with Crippen LogP contribution >= 0.6 is 0 Å². The summed E-state index contributed by atoms with van der Waals surface area (Å²) in [4.78, 5) is 2.14. The first-order valence-electron chi connectivity index (χ1n) is 3.32. The Labute approximate surface area is 55.5 Å². The zero-order valence-corrected chi connectivity index (χ0v) is 5.75. The summed E-state index contributed by atoms with van der Waals surface area (Å²) in [6.45, 7) is 1.79. The molecule has 0 aromatic heterocycles. The Morgan fingerprint density at radius 3 is 2.78 bits per heavy atom. The molecule has 0 saturated carbocycles. The molecule has 0 bridgehead atoms. The van der Waals surface area contributed by atoms with Crippen LogP contribution in [0.1, 0.15) is 6.42 Å². The van der Waals surface area contributed by atoms with Gasteiger partial charge in [0.2, 0.25) is 0 Å². The van der Waals surface area contributed by atoms with Gasteiger partial charge in [0.25, 0.3) is 0 Å². The molecule has 3 N–H and O–H groups in total. The molecule has 3 nitrogen and oxygen atoms in total. The molecular formula is C6H14N2O. The molecule has 3 heteroatoms. The molecule has 0 radical (unpaired) electrons. The number of hydrogen-bond acceptors (Lipinski definition) is 3. The van der Waals surface area contributed by atoms with Crippen molar-refractivity contribution in [2.45, 2.75) is 18.6 Å². The SMILES string of the molecule is CN1CC[C@H](O)[C@H](N)C1. The maximum absolute atomic E-state index is 9.14. The van der Waals surface area contributed by atoms with Crippen LogP contribution in [-0.4, -0.2) is 42.3 Å². The van der Waals surface area contributed by atoms with Crippen LogP contribution in [0.2, 0.25) is 0 Å². The molecule has 54 valence electrons.